The minimum Gasteiger partial charge on any atom is -0.395 e. The molecule has 1 fully saturated rings. The van der Waals surface area contributed by atoms with Crippen molar-refractivity contribution in [3.63, 3.8) is 0 Å². The van der Waals surface area contributed by atoms with Gasteiger partial charge in [0.25, 0.3) is 0 Å². The number of rotatable bonds is 6. The van der Waals surface area contributed by atoms with Gasteiger partial charge in [-0.3, -0.25) is 0 Å². The van der Waals surface area contributed by atoms with E-state index in [1.165, 1.54) is 32.1 Å². The monoisotopic (exact) mass is 228 g/mol. The second-order valence-corrected chi connectivity index (χ2v) is 5.38. The van der Waals surface area contributed by atoms with Crippen LogP contribution in [-0.2, 0) is 0 Å². The van der Waals surface area contributed by atoms with Gasteiger partial charge in [0, 0.05) is 19.1 Å². The highest BCUT2D eigenvalue weighted by Crippen LogP contribution is 2.31. The fourth-order valence-corrected chi connectivity index (χ4v) is 2.93. The van der Waals surface area contributed by atoms with Crippen LogP contribution in [0.1, 0.15) is 39.0 Å². The number of aliphatic hydroxyl groups excluding tert-OH is 1. The number of hydrogen-bond acceptors (Lipinski definition) is 3. The highest BCUT2D eigenvalue weighted by atomic mass is 16.3. The maximum Gasteiger partial charge on any atom is 0.0558 e. The van der Waals surface area contributed by atoms with Gasteiger partial charge in [0.05, 0.1) is 6.61 Å². The van der Waals surface area contributed by atoms with Crippen LogP contribution < -0.4 is 5.73 Å². The van der Waals surface area contributed by atoms with E-state index < -0.39 is 0 Å². The molecule has 96 valence electrons. The van der Waals surface area contributed by atoms with Gasteiger partial charge in [0.2, 0.25) is 0 Å². The summed E-state index contributed by atoms with van der Waals surface area (Å²) in [6.45, 7) is 4.32. The van der Waals surface area contributed by atoms with Gasteiger partial charge in [0.1, 0.15) is 0 Å². The molecule has 0 heterocycles. The third-order valence-corrected chi connectivity index (χ3v) is 3.87. The van der Waals surface area contributed by atoms with Crippen LogP contribution in [0.2, 0.25) is 0 Å². The summed E-state index contributed by atoms with van der Waals surface area (Å²) in [6.07, 6.45) is 6.42. The molecule has 1 aliphatic rings. The standard InChI is InChI=1S/C13H28N2O/c1-3-4-11-5-6-13(14)12(9-11)10-15(2)7-8-16/h11-13,16H,3-10,14H2,1-2H3. The van der Waals surface area contributed by atoms with Gasteiger partial charge < -0.3 is 15.7 Å². The van der Waals surface area contributed by atoms with Crippen LogP contribution in [0.5, 0.6) is 0 Å². The maximum absolute atomic E-state index is 8.90. The van der Waals surface area contributed by atoms with Crippen LogP contribution in [0.25, 0.3) is 0 Å². The lowest BCUT2D eigenvalue weighted by atomic mass is 9.76. The molecular formula is C13H28N2O. The topological polar surface area (TPSA) is 49.5 Å². The summed E-state index contributed by atoms with van der Waals surface area (Å²) < 4.78 is 0. The van der Waals surface area contributed by atoms with E-state index in [4.69, 9.17) is 10.8 Å². The fraction of sp³-hybridized carbons (Fsp3) is 1.00. The lowest BCUT2D eigenvalue weighted by Crippen LogP contribution is -2.42. The summed E-state index contributed by atoms with van der Waals surface area (Å²) in [4.78, 5) is 2.21. The number of aliphatic hydroxyl groups is 1. The molecule has 0 bridgehead atoms. The Morgan fingerprint density at radius 2 is 2.12 bits per heavy atom. The summed E-state index contributed by atoms with van der Waals surface area (Å²) in [6, 6.07) is 0.370. The van der Waals surface area contributed by atoms with Crippen molar-refractivity contribution in [2.75, 3.05) is 26.7 Å². The Labute approximate surface area is 100 Å². The van der Waals surface area contributed by atoms with Crippen molar-refractivity contribution in [2.45, 2.75) is 45.1 Å². The number of hydrogen-bond donors (Lipinski definition) is 2. The van der Waals surface area contributed by atoms with Crippen LogP contribution in [0, 0.1) is 11.8 Å². The number of nitrogens with zero attached hydrogens (tertiary/aromatic N) is 1. The van der Waals surface area contributed by atoms with E-state index in [-0.39, 0.29) is 6.61 Å². The van der Waals surface area contributed by atoms with Gasteiger partial charge in [-0.05, 0) is 38.1 Å². The number of nitrogens with two attached hydrogens (primary N) is 1. The van der Waals surface area contributed by atoms with Crippen molar-refractivity contribution in [1.29, 1.82) is 0 Å². The summed E-state index contributed by atoms with van der Waals surface area (Å²) >= 11 is 0. The second-order valence-electron chi connectivity index (χ2n) is 5.38. The van der Waals surface area contributed by atoms with Gasteiger partial charge in [0.15, 0.2) is 0 Å². The smallest absolute Gasteiger partial charge is 0.0558 e. The van der Waals surface area contributed by atoms with Crippen molar-refractivity contribution in [3.8, 4) is 0 Å². The minimum atomic E-state index is 0.247. The molecule has 0 amide bonds. The molecule has 3 nitrogen and oxygen atoms in total. The van der Waals surface area contributed by atoms with Gasteiger partial charge in [-0.2, -0.15) is 0 Å². The highest BCUT2D eigenvalue weighted by Gasteiger charge is 2.28. The van der Waals surface area contributed by atoms with E-state index in [0.29, 0.717) is 12.0 Å². The van der Waals surface area contributed by atoms with Crippen molar-refractivity contribution in [3.05, 3.63) is 0 Å². The van der Waals surface area contributed by atoms with Crippen molar-refractivity contribution in [2.24, 2.45) is 17.6 Å². The van der Waals surface area contributed by atoms with Gasteiger partial charge in [-0.15, -0.1) is 0 Å². The molecule has 0 aromatic carbocycles. The Balaban J connectivity index is 2.36. The summed E-state index contributed by atoms with van der Waals surface area (Å²) in [5, 5.41) is 8.90. The summed E-state index contributed by atoms with van der Waals surface area (Å²) in [5.41, 5.74) is 6.19. The molecule has 0 aromatic rings. The first-order chi connectivity index (χ1) is 7.67. The fourth-order valence-electron chi connectivity index (χ4n) is 2.93. The molecule has 1 aliphatic carbocycles. The second kappa shape index (κ2) is 7.25. The first-order valence-corrected chi connectivity index (χ1v) is 6.72. The van der Waals surface area contributed by atoms with E-state index in [1.54, 1.807) is 0 Å². The van der Waals surface area contributed by atoms with Crippen molar-refractivity contribution >= 4 is 0 Å². The maximum atomic E-state index is 8.90. The summed E-state index contributed by atoms with van der Waals surface area (Å²) in [7, 11) is 2.08. The molecule has 3 atom stereocenters. The lowest BCUT2D eigenvalue weighted by Gasteiger charge is -2.36. The van der Waals surface area contributed by atoms with Gasteiger partial charge in [-0.25, -0.2) is 0 Å². The molecule has 1 saturated carbocycles. The third-order valence-electron chi connectivity index (χ3n) is 3.87. The van der Waals surface area contributed by atoms with Crippen LogP contribution in [0.15, 0.2) is 0 Å². The Kier molecular flexibility index (Phi) is 6.32. The van der Waals surface area contributed by atoms with E-state index in [2.05, 4.69) is 18.9 Å². The molecule has 0 spiro atoms. The molecule has 16 heavy (non-hydrogen) atoms. The SMILES string of the molecule is CCCC1CCC(N)C(CN(C)CCO)C1. The van der Waals surface area contributed by atoms with Gasteiger partial charge >= 0.3 is 0 Å². The molecule has 3 heteroatoms. The Morgan fingerprint density at radius 3 is 2.75 bits per heavy atom. The Hall–Kier alpha value is -0.120. The zero-order valence-corrected chi connectivity index (χ0v) is 10.9. The van der Waals surface area contributed by atoms with E-state index in [0.717, 1.165) is 19.0 Å². The lowest BCUT2D eigenvalue weighted by molar-refractivity contribution is 0.150. The average molecular weight is 228 g/mol. The molecule has 3 N–H and O–H groups in total. The number of likely N-dealkylation sites (N-methyl/N-ethyl adjacent to an activating group) is 1. The minimum absolute atomic E-state index is 0.247. The zero-order chi connectivity index (χ0) is 12.0. The Morgan fingerprint density at radius 1 is 1.38 bits per heavy atom. The predicted octanol–water partition coefficient (Wildman–Crippen LogP) is 1.45. The van der Waals surface area contributed by atoms with E-state index >= 15 is 0 Å². The quantitative estimate of drug-likeness (QED) is 0.723. The van der Waals surface area contributed by atoms with E-state index in [9.17, 15) is 0 Å². The first-order valence-electron chi connectivity index (χ1n) is 6.72. The van der Waals surface area contributed by atoms with Crippen molar-refractivity contribution < 1.29 is 5.11 Å². The summed E-state index contributed by atoms with van der Waals surface area (Å²) in [5.74, 6) is 1.51. The Bertz CT molecular complexity index is 185. The van der Waals surface area contributed by atoms with E-state index in [1.807, 2.05) is 0 Å². The molecule has 0 aliphatic heterocycles. The van der Waals surface area contributed by atoms with Crippen LogP contribution in [0.4, 0.5) is 0 Å². The molecule has 3 unspecified atom stereocenters. The highest BCUT2D eigenvalue weighted by molar-refractivity contribution is 4.84. The normalized spacial score (nSPS) is 30.9. The average Bonchev–Trinajstić information content (AvgIpc) is 2.24. The van der Waals surface area contributed by atoms with Crippen molar-refractivity contribution in [1.82, 2.24) is 4.90 Å². The van der Waals surface area contributed by atoms with Crippen LogP contribution in [0.3, 0.4) is 0 Å². The van der Waals surface area contributed by atoms with Gasteiger partial charge in [-0.1, -0.05) is 19.8 Å². The molecular weight excluding hydrogens is 200 g/mol. The predicted molar refractivity (Wildman–Crippen MR) is 68.3 cm³/mol. The third kappa shape index (κ3) is 4.40. The van der Waals surface area contributed by atoms with Crippen LogP contribution in [-0.4, -0.2) is 42.8 Å². The molecule has 0 aromatic heterocycles. The first kappa shape index (κ1) is 13.9. The molecule has 0 saturated heterocycles. The molecule has 1 rings (SSSR count). The molecule has 0 radical (unpaired) electrons. The zero-order valence-electron chi connectivity index (χ0n) is 10.9. The largest absolute Gasteiger partial charge is 0.395 e. The van der Waals surface area contributed by atoms with Crippen LogP contribution >= 0.6 is 0 Å².